The first-order valence-electron chi connectivity index (χ1n) is 18.8. The average molecular weight is 693 g/mol. The zero-order valence-corrected chi connectivity index (χ0v) is 36.1. The van der Waals surface area contributed by atoms with Crippen molar-refractivity contribution in [2.45, 2.75) is 136 Å². The molecular weight excluding hydrogens is 624 g/mol. The van der Waals surface area contributed by atoms with Crippen LogP contribution in [0.1, 0.15) is 126 Å². The van der Waals surface area contributed by atoms with Crippen molar-refractivity contribution in [1.82, 2.24) is 0 Å². The van der Waals surface area contributed by atoms with Gasteiger partial charge in [-0.25, -0.2) is 0 Å². The topological polar surface area (TPSA) is 0 Å². The molecule has 4 aromatic rings. The first-order valence-corrected chi connectivity index (χ1v) is 24.0. The van der Waals surface area contributed by atoms with Crippen LogP contribution < -0.4 is 21.2 Å². The van der Waals surface area contributed by atoms with Gasteiger partial charge in [0.1, 0.15) is 0 Å². The van der Waals surface area contributed by atoms with E-state index in [-0.39, 0.29) is 21.7 Å². The van der Waals surface area contributed by atoms with E-state index in [4.69, 9.17) is 0 Å². The van der Waals surface area contributed by atoms with Crippen molar-refractivity contribution >= 4 is 50.6 Å². The molecule has 0 aromatic heterocycles. The minimum absolute atomic E-state index is 0.142. The summed E-state index contributed by atoms with van der Waals surface area (Å²) in [6.45, 7) is 33.0. The zero-order chi connectivity index (χ0) is 36.8. The Morgan fingerprint density at radius 3 is 0.673 bits per heavy atom. The van der Waals surface area contributed by atoms with Gasteiger partial charge in [-0.1, -0.05) is 0 Å². The van der Waals surface area contributed by atoms with Gasteiger partial charge in [-0.15, -0.1) is 0 Å². The van der Waals surface area contributed by atoms with Gasteiger partial charge in [-0.05, 0) is 0 Å². The molecule has 4 rings (SSSR count). The van der Waals surface area contributed by atoms with Crippen molar-refractivity contribution in [2.75, 3.05) is 0 Å². The monoisotopic (exact) mass is 692 g/mol. The molecule has 0 saturated heterocycles. The molecule has 0 fully saturated rings. The van der Waals surface area contributed by atoms with Gasteiger partial charge in [0.05, 0.1) is 0 Å². The fourth-order valence-electron chi connectivity index (χ4n) is 7.74. The SMILES string of the molecule is B[PH](c1ccc(C(C)(C)C)cc1)(c1ccc(C(C)(C)C)cc1)[C@@H](C)C[C@H](C)[PH](B)(c1ccc(C(C)(C)C)cc1)c1ccc(C(C)(C)C)cc1. The van der Waals surface area contributed by atoms with Gasteiger partial charge < -0.3 is 0 Å². The molecule has 0 heterocycles. The fraction of sp³-hybridized carbons (Fsp3) is 0.467. The summed E-state index contributed by atoms with van der Waals surface area (Å²) in [6.07, 6.45) is 1.20. The van der Waals surface area contributed by atoms with Gasteiger partial charge in [0.2, 0.25) is 0 Å². The first kappa shape index (κ1) is 39.7. The minimum atomic E-state index is -2.16. The first-order chi connectivity index (χ1) is 22.4. The van der Waals surface area contributed by atoms with E-state index in [0.29, 0.717) is 11.3 Å². The Balaban J connectivity index is 1.84. The normalized spacial score (nSPS) is 15.5. The molecule has 0 aliphatic rings. The number of rotatable bonds is 8. The second-order valence-corrected chi connectivity index (χ2v) is 28.8. The maximum absolute atomic E-state index is 2.65. The third-order valence-corrected chi connectivity index (χ3v) is 22.6. The Morgan fingerprint density at radius 2 is 0.531 bits per heavy atom. The summed E-state index contributed by atoms with van der Waals surface area (Å²) in [5, 5.41) is 6.21. The van der Waals surface area contributed by atoms with Gasteiger partial charge in [-0.3, -0.25) is 0 Å². The van der Waals surface area contributed by atoms with Crippen LogP contribution in [0, 0.1) is 0 Å². The van der Waals surface area contributed by atoms with Crippen LogP contribution in [0.25, 0.3) is 0 Å². The van der Waals surface area contributed by atoms with E-state index in [1.165, 1.54) is 28.7 Å². The van der Waals surface area contributed by atoms with Crippen LogP contribution in [0.5, 0.6) is 0 Å². The van der Waals surface area contributed by atoms with Crippen LogP contribution >= 0.6 is 14.3 Å². The van der Waals surface area contributed by atoms with Crippen molar-refractivity contribution in [3.8, 4) is 0 Å². The molecule has 4 heteroatoms. The summed E-state index contributed by atoms with van der Waals surface area (Å²) in [7, 11) is 0.985. The van der Waals surface area contributed by atoms with E-state index < -0.39 is 14.3 Å². The molecule has 49 heavy (non-hydrogen) atoms. The van der Waals surface area contributed by atoms with Gasteiger partial charge in [0.15, 0.2) is 0 Å². The molecule has 4 aromatic carbocycles. The Labute approximate surface area is 305 Å². The molecule has 0 aliphatic carbocycles. The number of hydrogen-bond acceptors (Lipinski definition) is 0. The Kier molecular flexibility index (Phi) is 11.4. The van der Waals surface area contributed by atoms with Crippen LogP contribution in [0.2, 0.25) is 0 Å². The molecular formula is C45H68B2P2. The molecule has 264 valence electrons. The van der Waals surface area contributed by atoms with Crippen molar-refractivity contribution in [2.24, 2.45) is 0 Å². The van der Waals surface area contributed by atoms with Crippen molar-refractivity contribution < 1.29 is 0 Å². The van der Waals surface area contributed by atoms with Crippen molar-refractivity contribution in [3.63, 3.8) is 0 Å². The Bertz CT molecular complexity index is 1430. The quantitative estimate of drug-likeness (QED) is 0.128. The molecule has 0 radical (unpaired) electrons. The Hall–Kier alpha value is -2.13. The van der Waals surface area contributed by atoms with Gasteiger partial charge >= 0.3 is 306 Å². The molecule has 2 atom stereocenters. The van der Waals surface area contributed by atoms with Crippen LogP contribution in [0.15, 0.2) is 97.1 Å². The Morgan fingerprint density at radius 1 is 0.367 bits per heavy atom. The van der Waals surface area contributed by atoms with Crippen LogP contribution in [0.4, 0.5) is 0 Å². The van der Waals surface area contributed by atoms with E-state index in [1.54, 1.807) is 21.2 Å². The second kappa shape index (κ2) is 14.1. The van der Waals surface area contributed by atoms with Crippen LogP contribution in [-0.4, -0.2) is 26.4 Å². The summed E-state index contributed by atoms with van der Waals surface area (Å²) < 4.78 is 0. The molecule has 0 unspecified atom stereocenters. The third kappa shape index (κ3) is 8.51. The molecule has 0 bridgehead atoms. The number of benzene rings is 4. The summed E-state index contributed by atoms with van der Waals surface area (Å²) in [5.41, 5.74) is 7.32. The fourth-order valence-corrected chi connectivity index (χ4v) is 16.0. The predicted octanol–water partition coefficient (Wildman–Crippen LogP) is 9.24. The van der Waals surface area contributed by atoms with Crippen LogP contribution in [0.3, 0.4) is 0 Å². The standard InChI is InChI=1S/C45H68B2P2/c1-32(48(46,38-23-15-34(16-24-38)42(3,4)5)39-25-17-35(18-26-39)43(6,7)8)31-33(2)49(47,40-27-19-36(20-28-40)44(9,10)11)41-29-21-37(22-30-41)45(12,13)14/h15-30,32-33,48-49H,31,46-47H2,1-14H3/t32-,33-/m0/s1. The molecule has 0 amide bonds. The predicted molar refractivity (Wildman–Crippen MR) is 236 cm³/mol. The summed E-state index contributed by atoms with van der Waals surface area (Å²) in [4.78, 5) is 0. The summed E-state index contributed by atoms with van der Waals surface area (Å²) >= 11 is 0. The van der Waals surface area contributed by atoms with Gasteiger partial charge in [0.25, 0.3) is 0 Å². The second-order valence-electron chi connectivity index (χ2n) is 19.8. The van der Waals surface area contributed by atoms with E-state index >= 15 is 0 Å². The maximum atomic E-state index is 2.65. The molecule has 0 spiro atoms. The van der Waals surface area contributed by atoms with E-state index in [1.807, 2.05) is 0 Å². The van der Waals surface area contributed by atoms with Gasteiger partial charge in [-0.2, -0.15) is 0 Å². The van der Waals surface area contributed by atoms with E-state index in [9.17, 15) is 0 Å². The van der Waals surface area contributed by atoms with Crippen LogP contribution in [-0.2, 0) is 21.7 Å². The average Bonchev–Trinajstić information content (AvgIpc) is 3.02. The molecule has 0 nitrogen and oxygen atoms in total. The third-order valence-electron chi connectivity index (χ3n) is 12.1. The van der Waals surface area contributed by atoms with Crippen molar-refractivity contribution in [3.05, 3.63) is 119 Å². The number of hydrogen-bond donors (Lipinski definition) is 0. The summed E-state index contributed by atoms with van der Waals surface area (Å²) in [5.74, 6) is 0. The molecule has 0 saturated carbocycles. The molecule has 0 aliphatic heterocycles. The van der Waals surface area contributed by atoms with E-state index in [0.717, 1.165) is 0 Å². The van der Waals surface area contributed by atoms with E-state index in [2.05, 4.69) is 209 Å². The summed E-state index contributed by atoms with van der Waals surface area (Å²) in [6, 6.07) is 39.2. The van der Waals surface area contributed by atoms with Gasteiger partial charge in [0, 0.05) is 0 Å². The van der Waals surface area contributed by atoms with Crippen molar-refractivity contribution in [1.29, 1.82) is 0 Å². The zero-order valence-electron chi connectivity index (χ0n) is 34.1. The molecule has 0 N–H and O–H groups in total.